The molecule has 0 aliphatic rings. The highest BCUT2D eigenvalue weighted by Crippen LogP contribution is 2.25. The van der Waals surface area contributed by atoms with E-state index in [1.54, 1.807) is 12.1 Å². The number of aliphatic carboxylic acids is 1. The van der Waals surface area contributed by atoms with Crippen LogP contribution in [0.4, 0.5) is 5.69 Å². The van der Waals surface area contributed by atoms with Gasteiger partial charge in [0.1, 0.15) is 6.04 Å². The number of nitro groups is 1. The molecule has 1 unspecified atom stereocenters. The van der Waals surface area contributed by atoms with Crippen molar-refractivity contribution in [2.75, 3.05) is 0 Å². The van der Waals surface area contributed by atoms with E-state index < -0.39 is 16.9 Å². The topological polar surface area (TPSA) is 133 Å². The van der Waals surface area contributed by atoms with E-state index in [-0.39, 0.29) is 30.2 Å². The molecule has 1 atom stereocenters. The summed E-state index contributed by atoms with van der Waals surface area (Å²) in [7, 11) is 0. The average molecular weight is 332 g/mol. The minimum Gasteiger partial charge on any atom is -0.504 e. The number of hydrogen-bond donors (Lipinski definition) is 4. The maximum absolute atomic E-state index is 11.4. The third-order valence-electron chi connectivity index (χ3n) is 3.48. The van der Waals surface area contributed by atoms with Crippen molar-refractivity contribution >= 4 is 11.7 Å². The van der Waals surface area contributed by atoms with E-state index in [0.29, 0.717) is 11.1 Å². The summed E-state index contributed by atoms with van der Waals surface area (Å²) in [5.41, 5.74) is 1.22. The monoisotopic (exact) mass is 332 g/mol. The molecule has 0 heterocycles. The van der Waals surface area contributed by atoms with Crippen molar-refractivity contribution in [3.05, 3.63) is 63.7 Å². The van der Waals surface area contributed by atoms with E-state index in [1.807, 2.05) is 0 Å². The highest BCUT2D eigenvalue weighted by atomic mass is 16.6. The van der Waals surface area contributed by atoms with E-state index in [4.69, 9.17) is 0 Å². The Morgan fingerprint density at radius 3 is 2.25 bits per heavy atom. The summed E-state index contributed by atoms with van der Waals surface area (Å²) in [6.07, 6.45) is 0.107. The predicted molar refractivity (Wildman–Crippen MR) is 84.8 cm³/mol. The zero-order valence-corrected chi connectivity index (χ0v) is 12.5. The molecule has 2 aromatic rings. The van der Waals surface area contributed by atoms with Gasteiger partial charge >= 0.3 is 5.97 Å². The Morgan fingerprint density at radius 2 is 1.71 bits per heavy atom. The standard InChI is InChI=1S/C16H16N2O6/c19-14-6-3-11(8-15(14)20)7-13(16(21)22)17-9-10-1-4-12(5-2-10)18(23)24/h1-6,8,13,17,19-20H,7,9H2,(H,21,22). The molecule has 0 aliphatic heterocycles. The summed E-state index contributed by atoms with van der Waals surface area (Å²) in [4.78, 5) is 21.4. The number of carbonyl (C=O) groups is 1. The second-order valence-corrected chi connectivity index (χ2v) is 5.22. The summed E-state index contributed by atoms with van der Waals surface area (Å²) in [6, 6.07) is 9.02. The number of aromatic hydroxyl groups is 2. The Hall–Kier alpha value is -3.13. The van der Waals surface area contributed by atoms with Crippen molar-refractivity contribution in [2.45, 2.75) is 19.0 Å². The molecule has 0 radical (unpaired) electrons. The number of non-ortho nitro benzene ring substituents is 1. The van der Waals surface area contributed by atoms with Crippen molar-refractivity contribution in [1.29, 1.82) is 0 Å². The molecule has 4 N–H and O–H groups in total. The number of carboxylic acids is 1. The van der Waals surface area contributed by atoms with Gasteiger partial charge in [-0.2, -0.15) is 0 Å². The quantitative estimate of drug-likeness (QED) is 0.345. The molecule has 126 valence electrons. The lowest BCUT2D eigenvalue weighted by molar-refractivity contribution is -0.384. The number of nitro benzene ring substituents is 1. The molecule has 8 heteroatoms. The number of nitrogens with one attached hydrogen (secondary N) is 1. The number of phenolic OH excluding ortho intramolecular Hbond substituents is 2. The Balaban J connectivity index is 2.01. The van der Waals surface area contributed by atoms with Crippen LogP contribution in [0.15, 0.2) is 42.5 Å². The molecule has 0 spiro atoms. The number of hydrogen-bond acceptors (Lipinski definition) is 6. The van der Waals surface area contributed by atoms with Gasteiger partial charge in [-0.25, -0.2) is 0 Å². The number of benzene rings is 2. The molecular formula is C16H16N2O6. The maximum atomic E-state index is 11.4. The lowest BCUT2D eigenvalue weighted by Crippen LogP contribution is -2.38. The lowest BCUT2D eigenvalue weighted by Gasteiger charge is -2.15. The van der Waals surface area contributed by atoms with Crippen LogP contribution in [-0.2, 0) is 17.8 Å². The number of rotatable bonds is 7. The van der Waals surface area contributed by atoms with Crippen LogP contribution in [0.3, 0.4) is 0 Å². The maximum Gasteiger partial charge on any atom is 0.321 e. The molecular weight excluding hydrogens is 316 g/mol. The van der Waals surface area contributed by atoms with Gasteiger partial charge in [-0.3, -0.25) is 14.9 Å². The zero-order valence-electron chi connectivity index (χ0n) is 12.5. The van der Waals surface area contributed by atoms with E-state index >= 15 is 0 Å². The highest BCUT2D eigenvalue weighted by molar-refractivity contribution is 5.74. The number of carboxylic acid groups (broad SMARTS) is 1. The normalized spacial score (nSPS) is 11.8. The predicted octanol–water partition coefficient (Wildman–Crippen LogP) is 1.79. The van der Waals surface area contributed by atoms with Crippen molar-refractivity contribution in [3.8, 4) is 11.5 Å². The van der Waals surface area contributed by atoms with E-state index in [0.717, 1.165) is 0 Å². The first kappa shape index (κ1) is 17.2. The Labute approximate surface area is 137 Å². The SMILES string of the molecule is O=C(O)C(Cc1ccc(O)c(O)c1)NCc1ccc([N+](=O)[O-])cc1. The van der Waals surface area contributed by atoms with Gasteiger partial charge in [0, 0.05) is 18.7 Å². The van der Waals surface area contributed by atoms with Gasteiger partial charge in [0.05, 0.1) is 4.92 Å². The zero-order chi connectivity index (χ0) is 17.7. The van der Waals surface area contributed by atoms with Crippen LogP contribution in [-0.4, -0.2) is 32.3 Å². The average Bonchev–Trinajstić information content (AvgIpc) is 2.54. The van der Waals surface area contributed by atoms with Crippen molar-refractivity contribution in [3.63, 3.8) is 0 Å². The fraction of sp³-hybridized carbons (Fsp3) is 0.188. The number of nitrogens with zero attached hydrogens (tertiary/aromatic N) is 1. The molecule has 0 saturated heterocycles. The highest BCUT2D eigenvalue weighted by Gasteiger charge is 2.18. The minimum absolute atomic E-state index is 0.0342. The second kappa shape index (κ2) is 7.42. The third kappa shape index (κ3) is 4.43. The van der Waals surface area contributed by atoms with Crippen LogP contribution < -0.4 is 5.32 Å². The third-order valence-corrected chi connectivity index (χ3v) is 3.48. The van der Waals surface area contributed by atoms with Crippen molar-refractivity contribution < 1.29 is 25.0 Å². The summed E-state index contributed by atoms with van der Waals surface area (Å²) in [5.74, 6) is -1.65. The molecule has 0 fully saturated rings. The van der Waals surface area contributed by atoms with Crippen LogP contribution >= 0.6 is 0 Å². The first-order valence-corrected chi connectivity index (χ1v) is 7.07. The largest absolute Gasteiger partial charge is 0.504 e. The summed E-state index contributed by atoms with van der Waals surface area (Å²) in [6.45, 7) is 0.221. The Kier molecular flexibility index (Phi) is 5.33. The Morgan fingerprint density at radius 1 is 1.08 bits per heavy atom. The molecule has 0 saturated carbocycles. The molecule has 0 aromatic heterocycles. The van der Waals surface area contributed by atoms with Gasteiger partial charge in [-0.1, -0.05) is 18.2 Å². The van der Waals surface area contributed by atoms with E-state index in [9.17, 15) is 30.2 Å². The molecule has 8 nitrogen and oxygen atoms in total. The fourth-order valence-corrected chi connectivity index (χ4v) is 2.16. The fourth-order valence-electron chi connectivity index (χ4n) is 2.16. The molecule has 0 amide bonds. The first-order valence-electron chi connectivity index (χ1n) is 7.07. The lowest BCUT2D eigenvalue weighted by atomic mass is 10.0. The van der Waals surface area contributed by atoms with Gasteiger partial charge in [0.25, 0.3) is 5.69 Å². The van der Waals surface area contributed by atoms with Gasteiger partial charge in [-0.05, 0) is 29.7 Å². The van der Waals surface area contributed by atoms with Crippen molar-refractivity contribution in [1.82, 2.24) is 5.32 Å². The summed E-state index contributed by atoms with van der Waals surface area (Å²) >= 11 is 0. The van der Waals surface area contributed by atoms with Gasteiger partial charge in [0.15, 0.2) is 11.5 Å². The van der Waals surface area contributed by atoms with Crippen molar-refractivity contribution in [2.24, 2.45) is 0 Å². The molecule has 0 bridgehead atoms. The van der Waals surface area contributed by atoms with Crippen LogP contribution in [0.2, 0.25) is 0 Å². The Bertz CT molecular complexity index is 745. The van der Waals surface area contributed by atoms with Crippen LogP contribution in [0.1, 0.15) is 11.1 Å². The summed E-state index contributed by atoms with van der Waals surface area (Å²) < 4.78 is 0. The second-order valence-electron chi connectivity index (χ2n) is 5.22. The smallest absolute Gasteiger partial charge is 0.321 e. The minimum atomic E-state index is -1.07. The molecule has 0 aliphatic carbocycles. The first-order chi connectivity index (χ1) is 11.4. The van der Waals surface area contributed by atoms with Crippen LogP contribution in [0, 0.1) is 10.1 Å². The van der Waals surface area contributed by atoms with Gasteiger partial charge in [-0.15, -0.1) is 0 Å². The number of phenols is 2. The van der Waals surface area contributed by atoms with Gasteiger partial charge in [0.2, 0.25) is 0 Å². The molecule has 24 heavy (non-hydrogen) atoms. The van der Waals surface area contributed by atoms with Crippen LogP contribution in [0.5, 0.6) is 11.5 Å². The molecule has 2 rings (SSSR count). The molecule has 2 aromatic carbocycles. The van der Waals surface area contributed by atoms with E-state index in [2.05, 4.69) is 5.32 Å². The van der Waals surface area contributed by atoms with E-state index in [1.165, 1.54) is 30.3 Å². The van der Waals surface area contributed by atoms with Crippen LogP contribution in [0.25, 0.3) is 0 Å². The summed E-state index contributed by atoms with van der Waals surface area (Å²) in [5, 5.41) is 41.5. The van der Waals surface area contributed by atoms with Gasteiger partial charge < -0.3 is 20.6 Å².